The molecule has 94 valence electrons. The molecule has 0 bridgehead atoms. The number of thiazole rings is 1. The van der Waals surface area contributed by atoms with Gasteiger partial charge in [0.25, 0.3) is 0 Å². The fraction of sp³-hybridized carbons (Fsp3) is 0.0909. The van der Waals surface area contributed by atoms with E-state index in [1.165, 1.54) is 35.7 Å². The van der Waals surface area contributed by atoms with Crippen LogP contribution in [-0.2, 0) is 9.84 Å². The summed E-state index contributed by atoms with van der Waals surface area (Å²) in [7, 11) is -3.51. The Morgan fingerprint density at radius 2 is 2.11 bits per heavy atom. The first-order valence-corrected chi connectivity index (χ1v) is 7.64. The number of aromatic nitrogens is 1. The Kier molecular flexibility index (Phi) is 3.18. The molecule has 1 N–H and O–H groups in total. The van der Waals surface area contributed by atoms with Gasteiger partial charge >= 0.3 is 5.97 Å². The van der Waals surface area contributed by atoms with Gasteiger partial charge in [-0.2, -0.15) is 0 Å². The fourth-order valence-electron chi connectivity index (χ4n) is 1.59. The van der Waals surface area contributed by atoms with Gasteiger partial charge in [-0.15, -0.1) is 11.3 Å². The molecular formula is C11H9NO4S2. The van der Waals surface area contributed by atoms with Crippen LogP contribution in [0.4, 0.5) is 0 Å². The number of sulfone groups is 1. The molecule has 0 saturated carbocycles. The number of carbonyl (C=O) groups is 1. The molecule has 1 heterocycles. The first-order chi connectivity index (χ1) is 8.41. The number of carboxylic acids is 1. The van der Waals surface area contributed by atoms with E-state index in [9.17, 15) is 13.2 Å². The van der Waals surface area contributed by atoms with Crippen molar-refractivity contribution in [3.05, 3.63) is 35.3 Å². The number of nitrogens with zero attached hydrogens (tertiary/aromatic N) is 1. The Morgan fingerprint density at radius 3 is 2.61 bits per heavy atom. The minimum atomic E-state index is -3.51. The summed E-state index contributed by atoms with van der Waals surface area (Å²) in [6.45, 7) is 0. The molecule has 0 atom stereocenters. The van der Waals surface area contributed by atoms with Crippen LogP contribution in [0.1, 0.15) is 10.4 Å². The summed E-state index contributed by atoms with van der Waals surface area (Å²) in [6.07, 6.45) is 2.55. The van der Waals surface area contributed by atoms with Crippen molar-refractivity contribution in [1.29, 1.82) is 0 Å². The highest BCUT2D eigenvalue weighted by atomic mass is 32.2. The van der Waals surface area contributed by atoms with Crippen LogP contribution in [0.15, 0.2) is 34.7 Å². The van der Waals surface area contributed by atoms with E-state index in [-0.39, 0.29) is 16.0 Å². The monoisotopic (exact) mass is 283 g/mol. The van der Waals surface area contributed by atoms with Crippen LogP contribution in [0.2, 0.25) is 0 Å². The van der Waals surface area contributed by atoms with Crippen molar-refractivity contribution in [2.24, 2.45) is 0 Å². The van der Waals surface area contributed by atoms with Crippen molar-refractivity contribution >= 4 is 27.1 Å². The summed E-state index contributed by atoms with van der Waals surface area (Å²) in [5, 5.41) is 11.2. The lowest BCUT2D eigenvalue weighted by molar-refractivity contribution is 0.0697. The zero-order valence-electron chi connectivity index (χ0n) is 9.32. The van der Waals surface area contributed by atoms with E-state index in [0.29, 0.717) is 5.01 Å². The van der Waals surface area contributed by atoms with Crippen molar-refractivity contribution in [1.82, 2.24) is 4.98 Å². The summed E-state index contributed by atoms with van der Waals surface area (Å²) in [5.41, 5.74) is 0.0929. The highest BCUT2D eigenvalue weighted by Crippen LogP contribution is 2.32. The molecule has 5 nitrogen and oxygen atoms in total. The van der Waals surface area contributed by atoms with Gasteiger partial charge in [-0.05, 0) is 12.1 Å². The molecule has 2 rings (SSSR count). The van der Waals surface area contributed by atoms with Gasteiger partial charge in [0.1, 0.15) is 5.01 Å². The van der Waals surface area contributed by atoms with Crippen molar-refractivity contribution in [3.63, 3.8) is 0 Å². The fourth-order valence-corrected chi connectivity index (χ4v) is 3.26. The van der Waals surface area contributed by atoms with Crippen LogP contribution in [0.25, 0.3) is 10.6 Å². The van der Waals surface area contributed by atoms with E-state index in [1.54, 1.807) is 5.38 Å². The molecule has 0 aliphatic rings. The summed E-state index contributed by atoms with van der Waals surface area (Å²) in [4.78, 5) is 15.2. The largest absolute Gasteiger partial charge is 0.478 e. The first kappa shape index (κ1) is 12.7. The van der Waals surface area contributed by atoms with Crippen molar-refractivity contribution < 1.29 is 18.3 Å². The van der Waals surface area contributed by atoms with Gasteiger partial charge in [0.15, 0.2) is 9.84 Å². The number of hydrogen-bond donors (Lipinski definition) is 1. The molecule has 0 aliphatic carbocycles. The van der Waals surface area contributed by atoms with Gasteiger partial charge in [0, 0.05) is 23.4 Å². The summed E-state index contributed by atoms with van der Waals surface area (Å²) >= 11 is 1.20. The van der Waals surface area contributed by atoms with E-state index in [0.717, 1.165) is 6.26 Å². The Bertz CT molecular complexity index is 690. The normalized spacial score (nSPS) is 11.4. The number of carboxylic acid groups (broad SMARTS) is 1. The quantitative estimate of drug-likeness (QED) is 0.930. The van der Waals surface area contributed by atoms with Crippen molar-refractivity contribution in [3.8, 4) is 10.6 Å². The lowest BCUT2D eigenvalue weighted by atomic mass is 10.1. The number of benzene rings is 1. The minimum Gasteiger partial charge on any atom is -0.478 e. The van der Waals surface area contributed by atoms with Crippen LogP contribution in [0.3, 0.4) is 0 Å². The Hall–Kier alpha value is -1.73. The second kappa shape index (κ2) is 4.51. The molecule has 18 heavy (non-hydrogen) atoms. The molecule has 7 heteroatoms. The number of hydrogen-bond acceptors (Lipinski definition) is 5. The van der Waals surface area contributed by atoms with Crippen LogP contribution in [0.5, 0.6) is 0 Å². The molecule has 2 aromatic rings. The van der Waals surface area contributed by atoms with Crippen molar-refractivity contribution in [2.75, 3.05) is 6.26 Å². The third-order valence-corrected chi connectivity index (χ3v) is 4.23. The van der Waals surface area contributed by atoms with Gasteiger partial charge in [-0.25, -0.2) is 18.2 Å². The maximum Gasteiger partial charge on any atom is 0.336 e. The topological polar surface area (TPSA) is 84.3 Å². The molecule has 0 fully saturated rings. The summed E-state index contributed by atoms with van der Waals surface area (Å²) in [6, 6.07) is 4.17. The predicted octanol–water partition coefficient (Wildman–Crippen LogP) is 1.91. The van der Waals surface area contributed by atoms with Gasteiger partial charge in [0.05, 0.1) is 10.5 Å². The maximum atomic E-state index is 11.7. The van der Waals surface area contributed by atoms with Crippen LogP contribution < -0.4 is 0 Å². The predicted molar refractivity (Wildman–Crippen MR) is 67.6 cm³/mol. The molecule has 1 aromatic heterocycles. The van der Waals surface area contributed by atoms with E-state index < -0.39 is 15.8 Å². The summed E-state index contributed by atoms with van der Waals surface area (Å²) in [5.74, 6) is -1.18. The number of rotatable bonds is 3. The second-order valence-electron chi connectivity index (χ2n) is 3.59. The minimum absolute atomic E-state index is 0.0163. The second-order valence-corrected chi connectivity index (χ2v) is 6.47. The maximum absolute atomic E-state index is 11.7. The van der Waals surface area contributed by atoms with E-state index in [4.69, 9.17) is 5.11 Å². The zero-order chi connectivity index (χ0) is 13.3. The van der Waals surface area contributed by atoms with Crippen LogP contribution >= 0.6 is 11.3 Å². The molecule has 1 aromatic carbocycles. The van der Waals surface area contributed by atoms with Gasteiger partial charge in [-0.1, -0.05) is 6.07 Å². The third kappa shape index (κ3) is 2.27. The molecule has 0 spiro atoms. The van der Waals surface area contributed by atoms with Crippen LogP contribution in [0, 0.1) is 0 Å². The van der Waals surface area contributed by atoms with E-state index in [1.807, 2.05) is 0 Å². The van der Waals surface area contributed by atoms with Gasteiger partial charge in [-0.3, -0.25) is 0 Å². The average Bonchev–Trinajstić information content (AvgIpc) is 2.79. The molecule has 0 radical (unpaired) electrons. The Morgan fingerprint density at radius 1 is 1.39 bits per heavy atom. The zero-order valence-corrected chi connectivity index (χ0v) is 11.0. The van der Waals surface area contributed by atoms with E-state index in [2.05, 4.69) is 4.98 Å². The SMILES string of the molecule is CS(=O)(=O)c1cccc(C(=O)O)c1-c1nccs1. The molecule has 0 aliphatic heterocycles. The summed E-state index contributed by atoms with van der Waals surface area (Å²) < 4.78 is 23.4. The molecular weight excluding hydrogens is 274 g/mol. The number of aromatic carboxylic acids is 1. The van der Waals surface area contributed by atoms with Gasteiger partial charge in [0.2, 0.25) is 0 Å². The smallest absolute Gasteiger partial charge is 0.336 e. The first-order valence-electron chi connectivity index (χ1n) is 4.87. The lowest BCUT2D eigenvalue weighted by Crippen LogP contribution is -2.06. The standard InChI is InChI=1S/C11H9NO4S2/c1-18(15,16)8-4-2-3-7(11(13)14)9(8)10-12-5-6-17-10/h2-6H,1H3,(H,13,14). The average molecular weight is 283 g/mol. The third-order valence-electron chi connectivity index (χ3n) is 2.30. The van der Waals surface area contributed by atoms with Crippen LogP contribution in [-0.4, -0.2) is 30.7 Å². The lowest BCUT2D eigenvalue weighted by Gasteiger charge is -2.08. The van der Waals surface area contributed by atoms with Crippen molar-refractivity contribution in [2.45, 2.75) is 4.90 Å². The van der Waals surface area contributed by atoms with E-state index >= 15 is 0 Å². The Labute approximate surface area is 108 Å². The highest BCUT2D eigenvalue weighted by molar-refractivity contribution is 7.90. The highest BCUT2D eigenvalue weighted by Gasteiger charge is 2.22. The van der Waals surface area contributed by atoms with Gasteiger partial charge < -0.3 is 5.11 Å². The molecule has 0 amide bonds. The Balaban J connectivity index is 2.85. The molecule has 0 unspecified atom stereocenters. The molecule has 0 saturated heterocycles.